The molecule has 0 aliphatic rings. The van der Waals surface area contributed by atoms with Gasteiger partial charge in [0, 0.05) is 34.0 Å². The Morgan fingerprint density at radius 3 is 1.80 bits per heavy atom. The standard InChI is InChI=1S/C47H35N7O7/c1-26(2)36-25-41(34-13-6-7-14-35(34)45(36)55)51-49-39-17-15-30(23-42(39)53(58)59)31-16-18-40(43(24-31)54(60)61)50-52-44-37-21-29-11-5-4-10-28(29)20-32(37)22-38(46(44)56)47(57)48-33-12-8-9-27(3)19-33/h4-26,55-56H,1-3H3,(H,48,57). The molecule has 8 rings (SSSR count). The summed E-state index contributed by atoms with van der Waals surface area (Å²) in [4.78, 5) is 37.1. The van der Waals surface area contributed by atoms with Crippen molar-refractivity contribution in [3.8, 4) is 22.6 Å². The molecule has 8 aromatic rings. The number of hydrogen-bond donors (Lipinski definition) is 3. The molecule has 61 heavy (non-hydrogen) atoms. The van der Waals surface area contributed by atoms with E-state index in [1.165, 1.54) is 36.4 Å². The van der Waals surface area contributed by atoms with Gasteiger partial charge in [0.1, 0.15) is 11.4 Å². The van der Waals surface area contributed by atoms with Crippen LogP contribution >= 0.6 is 0 Å². The quantitative estimate of drug-likeness (QED) is 0.0527. The second-order valence-electron chi connectivity index (χ2n) is 14.7. The fourth-order valence-electron chi connectivity index (χ4n) is 7.22. The van der Waals surface area contributed by atoms with Crippen molar-refractivity contribution in [2.75, 3.05) is 5.32 Å². The van der Waals surface area contributed by atoms with Gasteiger partial charge in [0.05, 0.1) is 21.1 Å². The smallest absolute Gasteiger partial charge is 0.297 e. The second-order valence-corrected chi connectivity index (χ2v) is 14.7. The van der Waals surface area contributed by atoms with Crippen molar-refractivity contribution in [2.45, 2.75) is 26.7 Å². The number of nitro groups is 2. The number of nitro benzene ring substituents is 2. The van der Waals surface area contributed by atoms with E-state index in [4.69, 9.17) is 0 Å². The lowest BCUT2D eigenvalue weighted by atomic mass is 9.96. The number of rotatable bonds is 10. The number of nitrogens with zero attached hydrogens (tertiary/aromatic N) is 6. The summed E-state index contributed by atoms with van der Waals surface area (Å²) in [7, 11) is 0. The molecular formula is C47H35N7O7. The van der Waals surface area contributed by atoms with Gasteiger partial charge in [-0.2, -0.15) is 0 Å². The molecule has 0 heterocycles. The minimum Gasteiger partial charge on any atom is -0.507 e. The Hall–Kier alpha value is -8.39. The maximum atomic E-state index is 13.6. The first-order valence-electron chi connectivity index (χ1n) is 19.1. The van der Waals surface area contributed by atoms with Gasteiger partial charge in [-0.15, -0.1) is 20.5 Å². The first-order chi connectivity index (χ1) is 29.4. The van der Waals surface area contributed by atoms with Gasteiger partial charge in [-0.1, -0.05) is 86.6 Å². The predicted octanol–water partition coefficient (Wildman–Crippen LogP) is 13.6. The third-order valence-corrected chi connectivity index (χ3v) is 10.3. The van der Waals surface area contributed by atoms with Crippen LogP contribution in [0.4, 0.5) is 39.8 Å². The van der Waals surface area contributed by atoms with Crippen LogP contribution in [0.3, 0.4) is 0 Å². The maximum absolute atomic E-state index is 13.6. The minimum atomic E-state index is -0.653. The molecule has 0 saturated carbocycles. The molecule has 0 spiro atoms. The molecule has 14 nitrogen and oxygen atoms in total. The van der Waals surface area contributed by atoms with Crippen molar-refractivity contribution in [3.63, 3.8) is 0 Å². The maximum Gasteiger partial charge on any atom is 0.297 e. The summed E-state index contributed by atoms with van der Waals surface area (Å²) in [6, 6.07) is 37.0. The lowest BCUT2D eigenvalue weighted by Crippen LogP contribution is -2.12. The molecule has 0 unspecified atom stereocenters. The van der Waals surface area contributed by atoms with Gasteiger partial charge < -0.3 is 15.5 Å². The van der Waals surface area contributed by atoms with Crippen molar-refractivity contribution in [1.29, 1.82) is 0 Å². The van der Waals surface area contributed by atoms with E-state index < -0.39 is 27.2 Å². The van der Waals surface area contributed by atoms with Gasteiger partial charge in [0.15, 0.2) is 17.1 Å². The highest BCUT2D eigenvalue weighted by Crippen LogP contribution is 2.44. The first-order valence-corrected chi connectivity index (χ1v) is 19.1. The number of anilines is 1. The Kier molecular flexibility index (Phi) is 10.4. The molecule has 1 amide bonds. The van der Waals surface area contributed by atoms with E-state index >= 15 is 0 Å². The molecule has 0 atom stereocenters. The van der Waals surface area contributed by atoms with Crippen molar-refractivity contribution >= 4 is 78.0 Å². The second kappa shape index (κ2) is 16.1. The SMILES string of the molecule is Cc1cccc(NC(=O)c2cc3cc4ccccc4cc3c(N=Nc3ccc(-c4ccc(N=Nc5cc(C(C)C)c(O)c6ccccc56)c([N+](=O)[O-])c4)cc3[N+](=O)[O-])c2O)c1. The molecule has 14 heteroatoms. The highest BCUT2D eigenvalue weighted by Gasteiger charge is 2.23. The van der Waals surface area contributed by atoms with Crippen LogP contribution in [0.5, 0.6) is 11.5 Å². The summed E-state index contributed by atoms with van der Waals surface area (Å²) in [6.45, 7) is 5.74. The van der Waals surface area contributed by atoms with Crippen molar-refractivity contribution in [2.24, 2.45) is 20.5 Å². The molecule has 0 aliphatic carbocycles. The van der Waals surface area contributed by atoms with Crippen LogP contribution in [0, 0.1) is 27.2 Å². The zero-order valence-corrected chi connectivity index (χ0v) is 32.9. The van der Waals surface area contributed by atoms with Gasteiger partial charge in [0.25, 0.3) is 17.3 Å². The summed E-state index contributed by atoms with van der Waals surface area (Å²) < 4.78 is 0. The van der Waals surface area contributed by atoms with Crippen LogP contribution in [0.2, 0.25) is 0 Å². The van der Waals surface area contributed by atoms with Crippen LogP contribution in [0.25, 0.3) is 43.4 Å². The van der Waals surface area contributed by atoms with Gasteiger partial charge in [-0.05, 0) is 99.8 Å². The van der Waals surface area contributed by atoms with Crippen molar-refractivity contribution < 1.29 is 24.9 Å². The first kappa shape index (κ1) is 39.4. The van der Waals surface area contributed by atoms with Gasteiger partial charge in [-0.3, -0.25) is 25.0 Å². The van der Waals surface area contributed by atoms with Crippen LogP contribution in [-0.4, -0.2) is 26.0 Å². The summed E-state index contributed by atoms with van der Waals surface area (Å²) in [6.07, 6.45) is 0. The number of nitrogens with one attached hydrogen (secondary N) is 1. The molecule has 300 valence electrons. The zero-order valence-electron chi connectivity index (χ0n) is 32.9. The molecule has 0 aromatic heterocycles. The molecular weight excluding hydrogens is 775 g/mol. The highest BCUT2D eigenvalue weighted by molar-refractivity contribution is 6.13. The number of carbonyl (C=O) groups excluding carboxylic acids is 1. The van der Waals surface area contributed by atoms with E-state index in [-0.39, 0.29) is 51.1 Å². The predicted molar refractivity (Wildman–Crippen MR) is 235 cm³/mol. The molecule has 0 bridgehead atoms. The Morgan fingerprint density at radius 1 is 0.590 bits per heavy atom. The number of fused-ring (bicyclic) bond motifs is 3. The average molecular weight is 810 g/mol. The number of azo groups is 2. The van der Waals surface area contributed by atoms with Gasteiger partial charge in [-0.25, -0.2) is 0 Å². The lowest BCUT2D eigenvalue weighted by molar-refractivity contribution is -0.384. The van der Waals surface area contributed by atoms with E-state index in [1.54, 1.807) is 60.7 Å². The molecule has 0 fully saturated rings. The van der Waals surface area contributed by atoms with E-state index in [2.05, 4.69) is 25.8 Å². The Morgan fingerprint density at radius 2 is 1.18 bits per heavy atom. The highest BCUT2D eigenvalue weighted by atomic mass is 16.6. The summed E-state index contributed by atoms with van der Waals surface area (Å²) >= 11 is 0. The number of aromatic hydroxyl groups is 2. The fourth-order valence-corrected chi connectivity index (χ4v) is 7.22. The number of phenolic OH excluding ortho intramolecular Hbond substituents is 2. The fraction of sp³-hybridized carbons (Fsp3) is 0.0851. The summed E-state index contributed by atoms with van der Waals surface area (Å²) in [5, 5.41) is 71.1. The van der Waals surface area contributed by atoms with Crippen molar-refractivity contribution in [1.82, 2.24) is 0 Å². The molecule has 3 N–H and O–H groups in total. The summed E-state index contributed by atoms with van der Waals surface area (Å²) in [5.74, 6) is -0.972. The third-order valence-electron chi connectivity index (χ3n) is 10.3. The van der Waals surface area contributed by atoms with Gasteiger partial charge in [0.2, 0.25) is 0 Å². The Bertz CT molecular complexity index is 3180. The van der Waals surface area contributed by atoms with Crippen LogP contribution in [-0.2, 0) is 0 Å². The van der Waals surface area contributed by atoms with Crippen LogP contribution < -0.4 is 5.32 Å². The van der Waals surface area contributed by atoms with E-state index in [1.807, 2.05) is 57.2 Å². The van der Waals surface area contributed by atoms with Gasteiger partial charge >= 0.3 is 0 Å². The number of phenols is 2. The van der Waals surface area contributed by atoms with Crippen molar-refractivity contribution in [3.05, 3.63) is 170 Å². The topological polar surface area (TPSA) is 205 Å². The minimum absolute atomic E-state index is 0.0362. The number of benzene rings is 8. The number of hydrogen-bond acceptors (Lipinski definition) is 11. The monoisotopic (exact) mass is 809 g/mol. The molecule has 0 aliphatic heterocycles. The largest absolute Gasteiger partial charge is 0.507 e. The summed E-state index contributed by atoms with van der Waals surface area (Å²) in [5.41, 5.74) is 1.86. The number of amides is 1. The van der Waals surface area contributed by atoms with Crippen LogP contribution in [0.1, 0.15) is 41.3 Å². The molecule has 8 aromatic carbocycles. The Balaban J connectivity index is 1.16. The third kappa shape index (κ3) is 7.80. The van der Waals surface area contributed by atoms with E-state index in [0.717, 1.165) is 16.3 Å². The lowest BCUT2D eigenvalue weighted by Gasteiger charge is -2.13. The van der Waals surface area contributed by atoms with Crippen LogP contribution in [0.15, 0.2) is 154 Å². The molecule has 0 radical (unpaired) electrons. The zero-order chi connectivity index (χ0) is 42.9. The number of aryl methyl sites for hydroxylation is 1. The normalized spacial score (nSPS) is 11.7. The van der Waals surface area contributed by atoms with E-state index in [9.17, 15) is 35.2 Å². The average Bonchev–Trinajstić information content (AvgIpc) is 3.25. The molecule has 0 saturated heterocycles. The number of carbonyl (C=O) groups is 1. The van der Waals surface area contributed by atoms with E-state index in [0.29, 0.717) is 38.5 Å². The Labute approximate surface area is 347 Å².